The van der Waals surface area contributed by atoms with Gasteiger partial charge in [0, 0.05) is 18.2 Å². The second-order valence-electron chi connectivity index (χ2n) is 2.21. The fraction of sp³-hybridized carbons (Fsp3) is 0. The molecule has 0 saturated carbocycles. The van der Waals surface area contributed by atoms with E-state index in [9.17, 15) is 14.4 Å². The Morgan fingerprint density at radius 3 is 1.19 bits per heavy atom. The molecule has 0 aliphatic rings. The quantitative estimate of drug-likeness (QED) is 0.486. The molecule has 84 valence electrons. The normalized spacial score (nSPS) is 8.25. The topological polar surface area (TPSA) is 78.9 Å². The van der Waals surface area contributed by atoms with Crippen molar-refractivity contribution < 1.29 is 25.7 Å². The van der Waals surface area contributed by atoms with E-state index in [2.05, 4.69) is 31.1 Å². The lowest BCUT2D eigenvalue weighted by molar-refractivity contribution is -0.141. The maximum Gasteiger partial charge on any atom is 1.20 e. The van der Waals surface area contributed by atoms with E-state index in [4.69, 9.17) is 0 Å². The standard InChI is InChI=1S/3C3H4O2.Al/c3*1-2-3(4)5;/h3*2H,1H2,(H,4,5);/q;;;+3/p-3. The highest BCUT2D eigenvalue weighted by Gasteiger charge is 2.47. The highest BCUT2D eigenvalue weighted by molar-refractivity contribution is 6.45. The molecule has 7 heteroatoms. The van der Waals surface area contributed by atoms with Crippen LogP contribution in [0.4, 0.5) is 0 Å². The summed E-state index contributed by atoms with van der Waals surface area (Å²) in [7, 11) is 0. The summed E-state index contributed by atoms with van der Waals surface area (Å²) in [5, 5.41) is 0. The van der Waals surface area contributed by atoms with Crippen LogP contribution in [0.1, 0.15) is 0 Å². The van der Waals surface area contributed by atoms with Gasteiger partial charge in [0.1, 0.15) is 0 Å². The summed E-state index contributed by atoms with van der Waals surface area (Å²) in [6.45, 7) is 9.42. The Labute approximate surface area is 97.2 Å². The van der Waals surface area contributed by atoms with Gasteiger partial charge in [0.05, 0.1) is 0 Å². The summed E-state index contributed by atoms with van der Waals surface area (Å²) < 4.78 is 13.6. The van der Waals surface area contributed by atoms with Gasteiger partial charge in [0.2, 0.25) is 0 Å². The molecule has 6 nitrogen and oxygen atoms in total. The van der Waals surface area contributed by atoms with Gasteiger partial charge in [0.15, 0.2) is 0 Å². The molecule has 0 aromatic rings. The Morgan fingerprint density at radius 2 is 1.00 bits per heavy atom. The molecule has 0 aromatic carbocycles. The van der Waals surface area contributed by atoms with Crippen LogP contribution in [-0.4, -0.2) is 33.1 Å². The minimum atomic E-state index is -3.22. The monoisotopic (exact) mass is 240 g/mol. The van der Waals surface area contributed by atoms with Gasteiger partial charge in [-0.3, -0.25) is 14.4 Å². The predicted octanol–water partition coefficient (Wildman–Crippen LogP) is 0.159. The van der Waals surface area contributed by atoms with Crippen molar-refractivity contribution in [3.63, 3.8) is 0 Å². The molecule has 0 fully saturated rings. The Hall–Kier alpha value is -1.84. The summed E-state index contributed by atoms with van der Waals surface area (Å²) >= 11 is -3.22. The summed E-state index contributed by atoms with van der Waals surface area (Å²) in [6.07, 6.45) is 2.55. The zero-order chi connectivity index (χ0) is 12.6. The first kappa shape index (κ1) is 14.2. The minimum Gasteiger partial charge on any atom is -0.548 e. The molecule has 0 aromatic heterocycles. The number of carbonyl (C=O) groups is 3. The molecule has 0 rings (SSSR count). The molecular formula is C9H9AlO6. The van der Waals surface area contributed by atoms with Crippen LogP contribution in [0.3, 0.4) is 0 Å². The van der Waals surface area contributed by atoms with Crippen LogP contribution >= 0.6 is 0 Å². The highest BCUT2D eigenvalue weighted by atomic mass is 27.3. The van der Waals surface area contributed by atoms with E-state index in [-0.39, 0.29) is 0 Å². The van der Waals surface area contributed by atoms with Crippen LogP contribution in [0.5, 0.6) is 0 Å². The van der Waals surface area contributed by atoms with Crippen LogP contribution in [0, 0.1) is 0 Å². The molecule has 0 aliphatic heterocycles. The minimum absolute atomic E-state index is 0.851. The van der Waals surface area contributed by atoms with Crippen molar-refractivity contribution in [3.05, 3.63) is 38.0 Å². The lowest BCUT2D eigenvalue weighted by Gasteiger charge is -2.09. The molecule has 16 heavy (non-hydrogen) atoms. The van der Waals surface area contributed by atoms with Gasteiger partial charge >= 0.3 is 15.1 Å². The summed E-state index contributed by atoms with van der Waals surface area (Å²) in [5.74, 6) is -2.57. The molecule has 0 amide bonds. The predicted molar refractivity (Wildman–Crippen MR) is 54.6 cm³/mol. The Balaban J connectivity index is 4.48. The zero-order valence-electron chi connectivity index (χ0n) is 8.38. The average molecular weight is 240 g/mol. The number of hydrogen-bond donors (Lipinski definition) is 0. The first-order chi connectivity index (χ1) is 7.53. The zero-order valence-corrected chi connectivity index (χ0v) is 9.53. The molecule has 0 N–H and O–H groups in total. The fourth-order valence-corrected chi connectivity index (χ4v) is 1.50. The average Bonchev–Trinajstić information content (AvgIpc) is 2.28. The SMILES string of the molecule is C=CC(=O)[O][Al]([O]C(=O)C=C)[O]C(=O)C=C. The molecule has 0 bridgehead atoms. The van der Waals surface area contributed by atoms with Crippen molar-refractivity contribution in [3.8, 4) is 0 Å². The molecule has 0 radical (unpaired) electrons. The number of carbonyl (C=O) groups excluding carboxylic acids is 3. The third-order valence-electron chi connectivity index (χ3n) is 1.14. The van der Waals surface area contributed by atoms with Crippen LogP contribution in [-0.2, 0) is 25.7 Å². The van der Waals surface area contributed by atoms with Gasteiger partial charge in [-0.25, -0.2) is 0 Å². The van der Waals surface area contributed by atoms with E-state index in [1.54, 1.807) is 0 Å². The van der Waals surface area contributed by atoms with Crippen molar-refractivity contribution in [2.24, 2.45) is 0 Å². The van der Waals surface area contributed by atoms with Crippen molar-refractivity contribution in [1.82, 2.24) is 0 Å². The van der Waals surface area contributed by atoms with Crippen LogP contribution < -0.4 is 0 Å². The summed E-state index contributed by atoms with van der Waals surface area (Å²) in [4.78, 5) is 32.5. The largest absolute Gasteiger partial charge is 1.20 e. The van der Waals surface area contributed by atoms with Gasteiger partial charge in [0.25, 0.3) is 17.9 Å². The molecule has 0 unspecified atom stereocenters. The van der Waals surface area contributed by atoms with E-state index < -0.39 is 33.1 Å². The van der Waals surface area contributed by atoms with Gasteiger partial charge in [-0.1, -0.05) is 19.7 Å². The smallest absolute Gasteiger partial charge is 0.548 e. The van der Waals surface area contributed by atoms with Gasteiger partial charge in [-0.05, 0) is 0 Å². The molecule has 0 spiro atoms. The van der Waals surface area contributed by atoms with E-state index in [1.807, 2.05) is 0 Å². The Kier molecular flexibility index (Phi) is 6.60. The van der Waals surface area contributed by atoms with E-state index in [0.717, 1.165) is 18.2 Å². The van der Waals surface area contributed by atoms with Crippen LogP contribution in [0.2, 0.25) is 0 Å². The van der Waals surface area contributed by atoms with Crippen molar-refractivity contribution >= 4 is 33.1 Å². The van der Waals surface area contributed by atoms with E-state index in [1.165, 1.54) is 0 Å². The fourth-order valence-electron chi connectivity index (χ4n) is 0.501. The summed E-state index contributed by atoms with van der Waals surface area (Å²) in [5.41, 5.74) is 0. The third-order valence-corrected chi connectivity index (χ3v) is 2.41. The molecule has 0 atom stereocenters. The van der Waals surface area contributed by atoms with Crippen molar-refractivity contribution in [2.45, 2.75) is 0 Å². The lowest BCUT2D eigenvalue weighted by Crippen LogP contribution is -2.33. The van der Waals surface area contributed by atoms with Crippen molar-refractivity contribution in [2.75, 3.05) is 0 Å². The van der Waals surface area contributed by atoms with E-state index in [0.29, 0.717) is 0 Å². The van der Waals surface area contributed by atoms with Gasteiger partial charge in [-0.2, -0.15) is 0 Å². The maximum atomic E-state index is 10.8. The lowest BCUT2D eigenvalue weighted by atomic mass is 10.7. The Morgan fingerprint density at radius 1 is 0.750 bits per heavy atom. The van der Waals surface area contributed by atoms with E-state index >= 15 is 0 Å². The Bertz CT molecular complexity index is 283. The molecule has 0 aliphatic carbocycles. The van der Waals surface area contributed by atoms with Crippen molar-refractivity contribution in [1.29, 1.82) is 0 Å². The number of hydrogen-bond acceptors (Lipinski definition) is 6. The second-order valence-corrected chi connectivity index (χ2v) is 3.50. The second kappa shape index (κ2) is 7.45. The first-order valence-electron chi connectivity index (χ1n) is 4.02. The maximum absolute atomic E-state index is 10.8. The van der Waals surface area contributed by atoms with Gasteiger partial charge in [-0.15, -0.1) is 0 Å². The highest BCUT2D eigenvalue weighted by Crippen LogP contribution is 1.97. The van der Waals surface area contributed by atoms with Crippen LogP contribution in [0.15, 0.2) is 38.0 Å². The third kappa shape index (κ3) is 5.80. The molecular weight excluding hydrogens is 231 g/mol. The number of rotatable bonds is 6. The van der Waals surface area contributed by atoms with Gasteiger partial charge < -0.3 is 11.4 Å². The molecule has 0 saturated heterocycles. The van der Waals surface area contributed by atoms with Crippen LogP contribution in [0.25, 0.3) is 0 Å². The first-order valence-corrected chi connectivity index (χ1v) is 5.44. The molecule has 0 heterocycles. The summed E-state index contributed by atoms with van der Waals surface area (Å²) in [6, 6.07) is 0.